The summed E-state index contributed by atoms with van der Waals surface area (Å²) in [4.78, 5) is 27.1. The fourth-order valence-corrected chi connectivity index (χ4v) is 3.20. The highest BCUT2D eigenvalue weighted by atomic mass is 35.5. The first-order valence-electron chi connectivity index (χ1n) is 9.20. The van der Waals surface area contributed by atoms with Crippen LogP contribution in [0.15, 0.2) is 48.5 Å². The van der Waals surface area contributed by atoms with Crippen molar-refractivity contribution in [3.05, 3.63) is 59.1 Å². The monoisotopic (exact) mass is 403 g/mol. The predicted molar refractivity (Wildman–Crippen MR) is 112 cm³/mol. The van der Waals surface area contributed by atoms with Crippen LogP contribution in [0.1, 0.15) is 25.5 Å². The van der Waals surface area contributed by atoms with E-state index in [1.165, 1.54) is 7.11 Å². The van der Waals surface area contributed by atoms with Gasteiger partial charge in [0.25, 0.3) is 0 Å². The molecule has 7 heteroatoms. The van der Waals surface area contributed by atoms with E-state index in [-0.39, 0.29) is 18.4 Å². The summed E-state index contributed by atoms with van der Waals surface area (Å²) in [5.74, 6) is 0.176. The normalized spacial score (nSPS) is 11.8. The Morgan fingerprint density at radius 2 is 1.86 bits per heavy atom. The summed E-state index contributed by atoms with van der Waals surface area (Å²) in [5, 5.41) is 6.09. The molecule has 0 spiro atoms. The van der Waals surface area contributed by atoms with E-state index in [1.807, 2.05) is 49.1 Å². The first-order chi connectivity index (χ1) is 13.5. The van der Waals surface area contributed by atoms with Crippen LogP contribution >= 0.6 is 11.6 Å². The van der Waals surface area contributed by atoms with Gasteiger partial charge in [-0.25, -0.2) is 0 Å². The molecule has 0 fully saturated rings. The van der Waals surface area contributed by atoms with Crippen LogP contribution in [0, 0.1) is 0 Å². The topological polar surface area (TPSA) is 70.7 Å². The van der Waals surface area contributed by atoms with Gasteiger partial charge in [0, 0.05) is 12.2 Å². The van der Waals surface area contributed by atoms with Gasteiger partial charge in [0.1, 0.15) is 11.8 Å². The fourth-order valence-electron chi connectivity index (χ4n) is 2.94. The zero-order chi connectivity index (χ0) is 20.5. The molecule has 0 unspecified atom stereocenters. The highest BCUT2D eigenvalue weighted by molar-refractivity contribution is 6.32. The third kappa shape index (κ3) is 5.71. The van der Waals surface area contributed by atoms with E-state index >= 15 is 0 Å². The largest absolute Gasteiger partial charge is 0.495 e. The molecular formula is C21H26ClN3O3. The van der Waals surface area contributed by atoms with Gasteiger partial charge in [-0.05, 0) is 37.2 Å². The molecule has 0 bridgehead atoms. The van der Waals surface area contributed by atoms with Gasteiger partial charge in [-0.2, -0.15) is 0 Å². The molecule has 0 aliphatic rings. The first kappa shape index (κ1) is 21.7. The molecular weight excluding hydrogens is 378 g/mol. The molecule has 0 aromatic heterocycles. The van der Waals surface area contributed by atoms with Gasteiger partial charge in [-0.1, -0.05) is 48.9 Å². The van der Waals surface area contributed by atoms with E-state index in [9.17, 15) is 9.59 Å². The van der Waals surface area contributed by atoms with Crippen molar-refractivity contribution in [3.8, 4) is 5.75 Å². The standard InChI is InChI=1S/C21H26ClN3O3/c1-4-23-19(26)14-25(5-2)20(15-9-7-6-8-10-15)21(27)24-16-11-12-18(28-3)17(22)13-16/h6-13,20H,4-5,14H2,1-3H3,(H,23,26)(H,24,27)/t20-/m1/s1. The van der Waals surface area contributed by atoms with Crippen LogP contribution in [0.2, 0.25) is 5.02 Å². The van der Waals surface area contributed by atoms with E-state index in [0.29, 0.717) is 29.5 Å². The molecule has 0 saturated carbocycles. The highest BCUT2D eigenvalue weighted by Crippen LogP contribution is 2.28. The number of hydrogen-bond acceptors (Lipinski definition) is 4. The van der Waals surface area contributed by atoms with Crippen molar-refractivity contribution >= 4 is 29.1 Å². The molecule has 0 heterocycles. The minimum Gasteiger partial charge on any atom is -0.495 e. The van der Waals surface area contributed by atoms with Gasteiger partial charge in [-0.3, -0.25) is 14.5 Å². The average Bonchev–Trinajstić information content (AvgIpc) is 2.68. The summed E-state index contributed by atoms with van der Waals surface area (Å²) in [6, 6.07) is 13.8. The van der Waals surface area contributed by atoms with Crippen LogP contribution in [0.25, 0.3) is 0 Å². The minimum absolute atomic E-state index is 0.120. The number of nitrogens with zero attached hydrogens (tertiary/aromatic N) is 1. The minimum atomic E-state index is -0.616. The third-order valence-electron chi connectivity index (χ3n) is 4.27. The van der Waals surface area contributed by atoms with E-state index in [4.69, 9.17) is 16.3 Å². The number of amides is 2. The number of hydrogen-bond donors (Lipinski definition) is 2. The Morgan fingerprint density at radius 1 is 1.14 bits per heavy atom. The molecule has 2 amide bonds. The predicted octanol–water partition coefficient (Wildman–Crippen LogP) is 3.49. The molecule has 0 radical (unpaired) electrons. The SMILES string of the molecule is CCNC(=O)CN(CC)[C@@H](C(=O)Nc1ccc(OC)c(Cl)c1)c1ccccc1. The molecule has 2 aromatic rings. The Kier molecular flexibility index (Phi) is 8.29. The second kappa shape index (κ2) is 10.7. The molecule has 0 aliphatic carbocycles. The van der Waals surface area contributed by atoms with Gasteiger partial charge in [0.15, 0.2) is 0 Å². The summed E-state index contributed by atoms with van der Waals surface area (Å²) >= 11 is 6.16. The lowest BCUT2D eigenvalue weighted by Gasteiger charge is -2.29. The molecule has 6 nitrogen and oxygen atoms in total. The van der Waals surface area contributed by atoms with Gasteiger partial charge in [-0.15, -0.1) is 0 Å². The second-order valence-electron chi connectivity index (χ2n) is 6.17. The van der Waals surface area contributed by atoms with E-state index in [0.717, 1.165) is 5.56 Å². The Hall–Kier alpha value is -2.57. The second-order valence-corrected chi connectivity index (χ2v) is 6.58. The molecule has 28 heavy (non-hydrogen) atoms. The van der Waals surface area contributed by atoms with Crippen LogP contribution < -0.4 is 15.4 Å². The summed E-state index contributed by atoms with van der Waals surface area (Å²) in [6.45, 7) is 4.99. The zero-order valence-corrected chi connectivity index (χ0v) is 17.1. The van der Waals surface area contributed by atoms with Crippen molar-refractivity contribution in [1.29, 1.82) is 0 Å². The maximum atomic E-state index is 13.2. The smallest absolute Gasteiger partial charge is 0.246 e. The lowest BCUT2D eigenvalue weighted by Crippen LogP contribution is -2.43. The molecule has 2 N–H and O–H groups in total. The van der Waals surface area contributed by atoms with Crippen LogP contribution in [0.5, 0.6) is 5.75 Å². The van der Waals surface area contributed by atoms with Gasteiger partial charge in [0.05, 0.1) is 18.7 Å². The van der Waals surface area contributed by atoms with Crippen molar-refractivity contribution in [2.75, 3.05) is 32.1 Å². The summed E-state index contributed by atoms with van der Waals surface area (Å²) in [6.07, 6.45) is 0. The maximum absolute atomic E-state index is 13.2. The van der Waals surface area contributed by atoms with Crippen molar-refractivity contribution in [3.63, 3.8) is 0 Å². The van der Waals surface area contributed by atoms with Crippen LogP contribution in [0.4, 0.5) is 5.69 Å². The Morgan fingerprint density at radius 3 is 2.43 bits per heavy atom. The third-order valence-corrected chi connectivity index (χ3v) is 4.57. The lowest BCUT2D eigenvalue weighted by atomic mass is 10.0. The van der Waals surface area contributed by atoms with Crippen LogP contribution in [-0.2, 0) is 9.59 Å². The highest BCUT2D eigenvalue weighted by Gasteiger charge is 2.28. The van der Waals surface area contributed by atoms with Gasteiger partial charge >= 0.3 is 0 Å². The zero-order valence-electron chi connectivity index (χ0n) is 16.4. The average molecular weight is 404 g/mol. The van der Waals surface area contributed by atoms with E-state index < -0.39 is 6.04 Å². The van der Waals surface area contributed by atoms with E-state index in [2.05, 4.69) is 10.6 Å². The molecule has 1 atom stereocenters. The number of benzene rings is 2. The number of ether oxygens (including phenoxy) is 1. The number of nitrogens with one attached hydrogen (secondary N) is 2. The number of carbonyl (C=O) groups excluding carboxylic acids is 2. The number of carbonyl (C=O) groups is 2. The summed E-state index contributed by atoms with van der Waals surface area (Å²) < 4.78 is 5.15. The number of rotatable bonds is 9. The molecule has 0 aliphatic heterocycles. The number of likely N-dealkylation sites (N-methyl/N-ethyl adjacent to an activating group) is 2. The summed E-state index contributed by atoms with van der Waals surface area (Å²) in [7, 11) is 1.53. The number of anilines is 1. The Labute approximate surface area is 170 Å². The molecule has 2 aromatic carbocycles. The van der Waals surface area contributed by atoms with E-state index in [1.54, 1.807) is 18.2 Å². The Bertz CT molecular complexity index is 799. The van der Waals surface area contributed by atoms with Crippen molar-refractivity contribution < 1.29 is 14.3 Å². The molecule has 150 valence electrons. The van der Waals surface area contributed by atoms with Crippen molar-refractivity contribution in [1.82, 2.24) is 10.2 Å². The molecule has 2 rings (SSSR count). The first-order valence-corrected chi connectivity index (χ1v) is 9.58. The Balaban J connectivity index is 2.28. The number of methoxy groups -OCH3 is 1. The lowest BCUT2D eigenvalue weighted by molar-refractivity contribution is -0.126. The fraction of sp³-hybridized carbons (Fsp3) is 0.333. The summed E-state index contributed by atoms with van der Waals surface area (Å²) in [5.41, 5.74) is 1.37. The quantitative estimate of drug-likeness (QED) is 0.672. The number of halogens is 1. The molecule has 0 saturated heterocycles. The van der Waals surface area contributed by atoms with Gasteiger partial charge < -0.3 is 15.4 Å². The van der Waals surface area contributed by atoms with Crippen molar-refractivity contribution in [2.45, 2.75) is 19.9 Å². The van der Waals surface area contributed by atoms with Crippen LogP contribution in [-0.4, -0.2) is 43.5 Å². The van der Waals surface area contributed by atoms with Crippen LogP contribution in [0.3, 0.4) is 0 Å². The van der Waals surface area contributed by atoms with Gasteiger partial charge in [0.2, 0.25) is 11.8 Å². The van der Waals surface area contributed by atoms with Crippen molar-refractivity contribution in [2.24, 2.45) is 0 Å². The maximum Gasteiger partial charge on any atom is 0.246 e.